The Hall–Kier alpha value is -2.33. The Morgan fingerprint density at radius 3 is 2.55 bits per heavy atom. The van der Waals surface area contributed by atoms with Crippen LogP contribution in [0.3, 0.4) is 0 Å². The molecule has 2 rings (SSSR count). The van der Waals surface area contributed by atoms with Gasteiger partial charge in [0.25, 0.3) is 0 Å². The van der Waals surface area contributed by atoms with E-state index in [1.807, 2.05) is 0 Å². The average Bonchev–Trinajstić information content (AvgIpc) is 2.37. The van der Waals surface area contributed by atoms with E-state index in [9.17, 15) is 13.2 Å². The highest BCUT2D eigenvalue weighted by atomic mass is 35.5. The molecule has 4 nitrogen and oxygen atoms in total. The fourth-order valence-electron chi connectivity index (χ4n) is 1.50. The lowest BCUT2D eigenvalue weighted by Gasteiger charge is -2.10. The quantitative estimate of drug-likeness (QED) is 0.876. The van der Waals surface area contributed by atoms with Gasteiger partial charge in [-0.3, -0.25) is 0 Å². The van der Waals surface area contributed by atoms with E-state index < -0.39 is 16.8 Å². The number of nitrogens with zero attached hydrogens (tertiary/aromatic N) is 3. The number of anilines is 1. The molecule has 0 fully saturated rings. The lowest BCUT2D eigenvalue weighted by atomic mass is 10.1. The molecule has 20 heavy (non-hydrogen) atoms. The minimum Gasteiger partial charge on any atom is -0.382 e. The number of hydrogen-bond acceptors (Lipinski definition) is 4. The average molecular weight is 299 g/mol. The molecule has 2 aromatic rings. The molecule has 1 aromatic carbocycles. The molecule has 0 aliphatic rings. The van der Waals surface area contributed by atoms with Crippen molar-refractivity contribution in [1.29, 1.82) is 5.26 Å². The largest absolute Gasteiger partial charge is 0.417 e. The Kier molecular flexibility index (Phi) is 3.51. The molecule has 0 aliphatic heterocycles. The van der Waals surface area contributed by atoms with Crippen LogP contribution >= 0.6 is 11.6 Å². The summed E-state index contributed by atoms with van der Waals surface area (Å²) in [4.78, 5) is 7.61. The van der Waals surface area contributed by atoms with E-state index in [0.29, 0.717) is 0 Å². The van der Waals surface area contributed by atoms with Gasteiger partial charge < -0.3 is 5.73 Å². The molecule has 0 bridgehead atoms. The molecule has 0 radical (unpaired) electrons. The van der Waals surface area contributed by atoms with Crippen molar-refractivity contribution < 1.29 is 13.2 Å². The molecule has 8 heteroatoms. The Morgan fingerprint density at radius 2 is 2.00 bits per heavy atom. The summed E-state index contributed by atoms with van der Waals surface area (Å²) in [6, 6.07) is 5.06. The molecule has 1 aromatic heterocycles. The van der Waals surface area contributed by atoms with Crippen molar-refractivity contribution in [2.24, 2.45) is 0 Å². The molecule has 0 saturated carbocycles. The van der Waals surface area contributed by atoms with Crippen LogP contribution in [-0.2, 0) is 6.18 Å². The topological polar surface area (TPSA) is 75.6 Å². The molecular formula is C12H6ClF3N4. The van der Waals surface area contributed by atoms with E-state index in [-0.39, 0.29) is 22.8 Å². The third-order valence-corrected chi connectivity index (χ3v) is 2.80. The van der Waals surface area contributed by atoms with Crippen LogP contribution in [0.2, 0.25) is 5.02 Å². The molecule has 0 saturated heterocycles. The number of nitrogen functional groups attached to an aromatic ring is 1. The number of rotatable bonds is 1. The SMILES string of the molecule is N#Cc1cnc(-c2ccc(Cl)c(C(F)(F)F)c2)nc1N. The molecule has 102 valence electrons. The van der Waals surface area contributed by atoms with Gasteiger partial charge in [-0.05, 0) is 18.2 Å². The van der Waals surface area contributed by atoms with Gasteiger partial charge in [0.1, 0.15) is 17.5 Å². The van der Waals surface area contributed by atoms with Gasteiger partial charge in [0.05, 0.1) is 16.8 Å². The first-order valence-corrected chi connectivity index (χ1v) is 5.60. The number of nitriles is 1. The van der Waals surface area contributed by atoms with Crippen LogP contribution in [0.1, 0.15) is 11.1 Å². The fraction of sp³-hybridized carbons (Fsp3) is 0.0833. The number of hydrogen-bond donors (Lipinski definition) is 1. The van der Waals surface area contributed by atoms with Crippen LogP contribution in [0.25, 0.3) is 11.4 Å². The van der Waals surface area contributed by atoms with Gasteiger partial charge in [-0.2, -0.15) is 18.4 Å². The van der Waals surface area contributed by atoms with Crippen molar-refractivity contribution >= 4 is 17.4 Å². The van der Waals surface area contributed by atoms with Crippen LogP contribution < -0.4 is 5.73 Å². The maximum absolute atomic E-state index is 12.7. The first kappa shape index (κ1) is 14.1. The summed E-state index contributed by atoms with van der Waals surface area (Å²) in [6.07, 6.45) is -3.43. The van der Waals surface area contributed by atoms with E-state index >= 15 is 0 Å². The van der Waals surface area contributed by atoms with E-state index in [1.54, 1.807) is 6.07 Å². The summed E-state index contributed by atoms with van der Waals surface area (Å²) >= 11 is 5.52. The third kappa shape index (κ3) is 2.65. The Balaban J connectivity index is 2.55. The summed E-state index contributed by atoms with van der Waals surface area (Å²) in [5, 5.41) is 8.28. The number of nitrogens with two attached hydrogens (primary N) is 1. The molecule has 0 atom stereocenters. The van der Waals surface area contributed by atoms with E-state index in [4.69, 9.17) is 22.6 Å². The van der Waals surface area contributed by atoms with Crippen LogP contribution in [0.15, 0.2) is 24.4 Å². The zero-order chi connectivity index (χ0) is 14.9. The number of aromatic nitrogens is 2. The first-order chi connectivity index (χ1) is 9.32. The fourth-order valence-corrected chi connectivity index (χ4v) is 1.73. The van der Waals surface area contributed by atoms with Gasteiger partial charge in [0, 0.05) is 5.56 Å². The van der Waals surface area contributed by atoms with E-state index in [1.165, 1.54) is 6.07 Å². The highest BCUT2D eigenvalue weighted by molar-refractivity contribution is 6.31. The number of benzene rings is 1. The minimum absolute atomic E-state index is 0.0105. The van der Waals surface area contributed by atoms with Gasteiger partial charge >= 0.3 is 6.18 Å². The molecular weight excluding hydrogens is 293 g/mol. The lowest BCUT2D eigenvalue weighted by Crippen LogP contribution is -2.06. The van der Waals surface area contributed by atoms with Gasteiger partial charge in [0.15, 0.2) is 5.82 Å². The van der Waals surface area contributed by atoms with Crippen molar-refractivity contribution in [3.05, 3.63) is 40.5 Å². The summed E-state index contributed by atoms with van der Waals surface area (Å²) in [6.45, 7) is 0. The van der Waals surface area contributed by atoms with Crippen LogP contribution in [-0.4, -0.2) is 9.97 Å². The smallest absolute Gasteiger partial charge is 0.382 e. The predicted octanol–water partition coefficient (Wildman–Crippen LogP) is 3.27. The van der Waals surface area contributed by atoms with Crippen LogP contribution in [0, 0.1) is 11.3 Å². The van der Waals surface area contributed by atoms with Crippen molar-refractivity contribution in [1.82, 2.24) is 9.97 Å². The van der Waals surface area contributed by atoms with E-state index in [0.717, 1.165) is 18.3 Å². The minimum atomic E-state index is -4.58. The second-order valence-electron chi connectivity index (χ2n) is 3.80. The summed E-state index contributed by atoms with van der Waals surface area (Å²) in [5.41, 5.74) is 4.68. The maximum Gasteiger partial charge on any atom is 0.417 e. The highest BCUT2D eigenvalue weighted by Crippen LogP contribution is 2.36. The zero-order valence-electron chi connectivity index (χ0n) is 9.74. The standard InChI is InChI=1S/C12H6ClF3N4/c13-9-2-1-6(3-8(9)12(14,15)16)11-19-5-7(4-17)10(18)20-11/h1-3,5H,(H2,18,19,20). The van der Waals surface area contributed by atoms with Crippen LogP contribution in [0.4, 0.5) is 19.0 Å². The molecule has 0 spiro atoms. The third-order valence-electron chi connectivity index (χ3n) is 2.47. The monoisotopic (exact) mass is 298 g/mol. The van der Waals surface area contributed by atoms with Crippen molar-refractivity contribution in [2.45, 2.75) is 6.18 Å². The first-order valence-electron chi connectivity index (χ1n) is 5.22. The Bertz CT molecular complexity index is 707. The van der Waals surface area contributed by atoms with Crippen molar-refractivity contribution in [3.8, 4) is 17.5 Å². The molecule has 0 unspecified atom stereocenters. The maximum atomic E-state index is 12.7. The van der Waals surface area contributed by atoms with E-state index in [2.05, 4.69) is 9.97 Å². The molecule has 2 N–H and O–H groups in total. The second kappa shape index (κ2) is 4.98. The molecule has 0 aliphatic carbocycles. The summed E-state index contributed by atoms with van der Waals surface area (Å²) in [7, 11) is 0. The lowest BCUT2D eigenvalue weighted by molar-refractivity contribution is -0.137. The normalized spacial score (nSPS) is 11.2. The zero-order valence-corrected chi connectivity index (χ0v) is 10.5. The molecule has 0 amide bonds. The van der Waals surface area contributed by atoms with Gasteiger partial charge in [0.2, 0.25) is 0 Å². The number of alkyl halides is 3. The summed E-state index contributed by atoms with van der Waals surface area (Å²) in [5.74, 6) is -0.107. The van der Waals surface area contributed by atoms with Gasteiger partial charge in [-0.25, -0.2) is 9.97 Å². The second-order valence-corrected chi connectivity index (χ2v) is 4.20. The Morgan fingerprint density at radius 1 is 1.30 bits per heavy atom. The van der Waals surface area contributed by atoms with Crippen LogP contribution in [0.5, 0.6) is 0 Å². The number of halogens is 4. The van der Waals surface area contributed by atoms with Crippen molar-refractivity contribution in [3.63, 3.8) is 0 Å². The molecule has 1 heterocycles. The predicted molar refractivity (Wildman–Crippen MR) is 66.6 cm³/mol. The summed E-state index contributed by atoms with van der Waals surface area (Å²) < 4.78 is 38.2. The highest BCUT2D eigenvalue weighted by Gasteiger charge is 2.33. The van der Waals surface area contributed by atoms with Gasteiger partial charge in [-0.1, -0.05) is 11.6 Å². The van der Waals surface area contributed by atoms with Gasteiger partial charge in [-0.15, -0.1) is 0 Å². The Labute approximate surface area is 116 Å². The van der Waals surface area contributed by atoms with Crippen molar-refractivity contribution in [2.75, 3.05) is 5.73 Å².